The van der Waals surface area contributed by atoms with Crippen LogP contribution in [0.15, 0.2) is 0 Å². The highest BCUT2D eigenvalue weighted by Gasteiger charge is 2.52. The third kappa shape index (κ3) is 1.88. The standard InChI is InChI=1S/C14H26N2O/c1-6-13(2,3)12(17)16-9-10-7-15-8-11(10)14(16,4)5/h10-11,15H,6-9H2,1-5H3. The Hall–Kier alpha value is -0.570. The van der Waals surface area contributed by atoms with Crippen LogP contribution < -0.4 is 5.32 Å². The summed E-state index contributed by atoms with van der Waals surface area (Å²) in [5.74, 6) is 1.61. The average molecular weight is 238 g/mol. The number of nitrogens with zero attached hydrogens (tertiary/aromatic N) is 1. The average Bonchev–Trinajstić information content (AvgIpc) is 2.80. The van der Waals surface area contributed by atoms with Gasteiger partial charge < -0.3 is 10.2 Å². The monoisotopic (exact) mass is 238 g/mol. The fraction of sp³-hybridized carbons (Fsp3) is 0.929. The van der Waals surface area contributed by atoms with E-state index in [1.54, 1.807) is 0 Å². The Morgan fingerprint density at radius 1 is 1.41 bits per heavy atom. The molecule has 0 spiro atoms. The number of carbonyl (C=O) groups excluding carboxylic acids is 1. The third-order valence-corrected chi connectivity index (χ3v) is 5.07. The Labute approximate surface area is 105 Å². The molecule has 3 nitrogen and oxygen atoms in total. The number of fused-ring (bicyclic) bond motifs is 1. The van der Waals surface area contributed by atoms with Crippen molar-refractivity contribution < 1.29 is 4.79 Å². The van der Waals surface area contributed by atoms with Crippen molar-refractivity contribution in [3.05, 3.63) is 0 Å². The summed E-state index contributed by atoms with van der Waals surface area (Å²) < 4.78 is 0. The van der Waals surface area contributed by atoms with E-state index in [4.69, 9.17) is 0 Å². The Balaban J connectivity index is 2.21. The van der Waals surface area contributed by atoms with Gasteiger partial charge in [-0.25, -0.2) is 0 Å². The molecule has 2 heterocycles. The van der Waals surface area contributed by atoms with Gasteiger partial charge in [-0.15, -0.1) is 0 Å². The van der Waals surface area contributed by atoms with E-state index in [0.29, 0.717) is 17.7 Å². The smallest absolute Gasteiger partial charge is 0.228 e. The van der Waals surface area contributed by atoms with E-state index in [1.165, 1.54) is 0 Å². The molecule has 2 fully saturated rings. The van der Waals surface area contributed by atoms with E-state index < -0.39 is 0 Å². The Bertz CT molecular complexity index is 322. The predicted octanol–water partition coefficient (Wildman–Crippen LogP) is 1.88. The van der Waals surface area contributed by atoms with Crippen LogP contribution in [0.5, 0.6) is 0 Å². The topological polar surface area (TPSA) is 32.3 Å². The molecule has 17 heavy (non-hydrogen) atoms. The molecule has 0 aliphatic carbocycles. The number of amides is 1. The number of carbonyl (C=O) groups is 1. The first-order valence-electron chi connectivity index (χ1n) is 6.83. The molecule has 1 N–H and O–H groups in total. The largest absolute Gasteiger partial charge is 0.336 e. The van der Waals surface area contributed by atoms with Crippen molar-refractivity contribution in [1.82, 2.24) is 10.2 Å². The van der Waals surface area contributed by atoms with Crippen molar-refractivity contribution in [2.75, 3.05) is 19.6 Å². The second kappa shape index (κ2) is 3.98. The highest BCUT2D eigenvalue weighted by atomic mass is 16.2. The van der Waals surface area contributed by atoms with Crippen LogP contribution >= 0.6 is 0 Å². The quantitative estimate of drug-likeness (QED) is 0.796. The van der Waals surface area contributed by atoms with Crippen LogP contribution in [0.4, 0.5) is 0 Å². The van der Waals surface area contributed by atoms with E-state index in [9.17, 15) is 4.79 Å². The molecule has 0 aromatic heterocycles. The highest BCUT2D eigenvalue weighted by molar-refractivity contribution is 5.83. The van der Waals surface area contributed by atoms with Crippen molar-refractivity contribution in [3.63, 3.8) is 0 Å². The zero-order valence-corrected chi connectivity index (χ0v) is 11.8. The van der Waals surface area contributed by atoms with Crippen LogP contribution in [0.25, 0.3) is 0 Å². The first-order chi connectivity index (χ1) is 7.80. The van der Waals surface area contributed by atoms with Gasteiger partial charge in [0.2, 0.25) is 5.91 Å². The number of rotatable bonds is 2. The molecule has 2 aliphatic heterocycles. The van der Waals surface area contributed by atoms with Crippen LogP contribution in [-0.4, -0.2) is 36.0 Å². The molecule has 2 unspecified atom stereocenters. The van der Waals surface area contributed by atoms with Gasteiger partial charge in [-0.05, 0) is 32.1 Å². The second-order valence-corrected chi connectivity index (χ2v) is 6.83. The van der Waals surface area contributed by atoms with Crippen LogP contribution in [0.1, 0.15) is 41.0 Å². The van der Waals surface area contributed by atoms with Crippen LogP contribution in [0.2, 0.25) is 0 Å². The SMILES string of the molecule is CCC(C)(C)C(=O)N1CC2CNCC2C1(C)C. The van der Waals surface area contributed by atoms with Gasteiger partial charge in [-0.1, -0.05) is 20.8 Å². The predicted molar refractivity (Wildman–Crippen MR) is 69.7 cm³/mol. The Kier molecular flexibility index (Phi) is 3.01. The van der Waals surface area contributed by atoms with Crippen molar-refractivity contribution in [2.24, 2.45) is 17.3 Å². The van der Waals surface area contributed by atoms with Crippen LogP contribution in [-0.2, 0) is 4.79 Å². The summed E-state index contributed by atoms with van der Waals surface area (Å²) >= 11 is 0. The molecule has 0 aromatic rings. The number of hydrogen-bond acceptors (Lipinski definition) is 2. The fourth-order valence-corrected chi connectivity index (χ4v) is 3.28. The Morgan fingerprint density at radius 3 is 2.59 bits per heavy atom. The van der Waals surface area contributed by atoms with Gasteiger partial charge in [-0.2, -0.15) is 0 Å². The minimum atomic E-state index is -0.219. The molecule has 0 aromatic carbocycles. The molecule has 0 saturated carbocycles. The van der Waals surface area contributed by atoms with Crippen molar-refractivity contribution in [2.45, 2.75) is 46.6 Å². The van der Waals surface area contributed by atoms with Crippen molar-refractivity contribution in [3.8, 4) is 0 Å². The van der Waals surface area contributed by atoms with Crippen molar-refractivity contribution in [1.29, 1.82) is 0 Å². The molecule has 0 radical (unpaired) electrons. The summed E-state index contributed by atoms with van der Waals surface area (Å²) in [6, 6.07) is 0. The summed E-state index contributed by atoms with van der Waals surface area (Å²) in [5, 5.41) is 3.45. The number of hydrogen-bond donors (Lipinski definition) is 1. The lowest BCUT2D eigenvalue weighted by Gasteiger charge is -2.39. The Morgan fingerprint density at radius 2 is 2.06 bits per heavy atom. The maximum Gasteiger partial charge on any atom is 0.228 e. The van der Waals surface area contributed by atoms with E-state index in [1.807, 2.05) is 0 Å². The summed E-state index contributed by atoms with van der Waals surface area (Å²) in [6.07, 6.45) is 0.909. The lowest BCUT2D eigenvalue weighted by atomic mass is 9.83. The molecule has 3 heteroatoms. The zero-order valence-electron chi connectivity index (χ0n) is 11.8. The summed E-state index contributed by atoms with van der Waals surface area (Å²) in [4.78, 5) is 14.8. The normalized spacial score (nSPS) is 31.7. The molecule has 2 aliphatic rings. The van der Waals surface area contributed by atoms with Gasteiger partial charge in [0.15, 0.2) is 0 Å². The summed E-state index contributed by atoms with van der Waals surface area (Å²) in [7, 11) is 0. The van der Waals surface area contributed by atoms with Gasteiger partial charge in [0.05, 0.1) is 0 Å². The van der Waals surface area contributed by atoms with Gasteiger partial charge >= 0.3 is 0 Å². The number of likely N-dealkylation sites (tertiary alicyclic amines) is 1. The lowest BCUT2D eigenvalue weighted by molar-refractivity contribution is -0.144. The molecule has 2 rings (SSSR count). The maximum atomic E-state index is 12.7. The maximum absolute atomic E-state index is 12.7. The summed E-state index contributed by atoms with van der Waals surface area (Å²) in [5.41, 5.74) is -0.207. The first kappa shape index (κ1) is 12.9. The first-order valence-corrected chi connectivity index (χ1v) is 6.83. The van der Waals surface area contributed by atoms with Crippen LogP contribution in [0, 0.1) is 17.3 Å². The van der Waals surface area contributed by atoms with E-state index in [0.717, 1.165) is 26.1 Å². The molecule has 0 bridgehead atoms. The molecule has 2 saturated heterocycles. The third-order valence-electron chi connectivity index (χ3n) is 5.07. The summed E-state index contributed by atoms with van der Waals surface area (Å²) in [6.45, 7) is 13.8. The van der Waals surface area contributed by atoms with Crippen LogP contribution in [0.3, 0.4) is 0 Å². The van der Waals surface area contributed by atoms with E-state index in [2.05, 4.69) is 44.8 Å². The fourth-order valence-electron chi connectivity index (χ4n) is 3.28. The zero-order chi connectivity index (χ0) is 12.8. The van der Waals surface area contributed by atoms with Crippen molar-refractivity contribution >= 4 is 5.91 Å². The molecule has 98 valence electrons. The second-order valence-electron chi connectivity index (χ2n) is 6.83. The van der Waals surface area contributed by atoms with Gasteiger partial charge in [0, 0.05) is 30.6 Å². The lowest BCUT2D eigenvalue weighted by Crippen LogP contribution is -2.51. The number of nitrogens with one attached hydrogen (secondary N) is 1. The molecular formula is C14H26N2O. The van der Waals surface area contributed by atoms with E-state index in [-0.39, 0.29) is 11.0 Å². The highest BCUT2D eigenvalue weighted by Crippen LogP contribution is 2.42. The van der Waals surface area contributed by atoms with Gasteiger partial charge in [-0.3, -0.25) is 4.79 Å². The molecule has 1 amide bonds. The minimum absolute atomic E-state index is 0.0116. The van der Waals surface area contributed by atoms with Gasteiger partial charge in [0.25, 0.3) is 0 Å². The van der Waals surface area contributed by atoms with E-state index >= 15 is 0 Å². The molecule has 2 atom stereocenters. The van der Waals surface area contributed by atoms with Gasteiger partial charge in [0.1, 0.15) is 0 Å². The minimum Gasteiger partial charge on any atom is -0.336 e. The molecular weight excluding hydrogens is 212 g/mol.